The lowest BCUT2D eigenvalue weighted by atomic mass is 9.79. The Kier molecular flexibility index (Phi) is 4.24. The Hall–Kier alpha value is -2.92. The van der Waals surface area contributed by atoms with E-state index in [0.29, 0.717) is 25.3 Å². The molecule has 2 fully saturated rings. The molecule has 5 rings (SSSR count). The van der Waals surface area contributed by atoms with Gasteiger partial charge in [-0.1, -0.05) is 36.4 Å². The van der Waals surface area contributed by atoms with E-state index < -0.39 is 0 Å². The number of hydrogen-bond acceptors (Lipinski definition) is 3. The second kappa shape index (κ2) is 6.91. The molecule has 3 aromatic rings. The normalized spacial score (nSPS) is 18.1. The van der Waals surface area contributed by atoms with Gasteiger partial charge in [-0.25, -0.2) is 4.68 Å². The molecule has 1 saturated heterocycles. The highest BCUT2D eigenvalue weighted by Gasteiger charge is 2.43. The van der Waals surface area contributed by atoms with Gasteiger partial charge in [0.15, 0.2) is 0 Å². The highest BCUT2D eigenvalue weighted by Crippen LogP contribution is 2.38. The first kappa shape index (κ1) is 17.2. The van der Waals surface area contributed by atoms with Gasteiger partial charge in [0.25, 0.3) is 5.91 Å². The van der Waals surface area contributed by atoms with Gasteiger partial charge in [0.05, 0.1) is 36.3 Å². The quantitative estimate of drug-likeness (QED) is 0.699. The largest absolute Gasteiger partial charge is 0.371 e. The Morgan fingerprint density at radius 2 is 1.89 bits per heavy atom. The fourth-order valence-corrected chi connectivity index (χ4v) is 4.18. The summed E-state index contributed by atoms with van der Waals surface area (Å²) in [4.78, 5) is 15.1. The number of nitrogens with zero attached hydrogens (tertiary/aromatic N) is 3. The number of carbonyl (C=O) groups is 1. The maximum Gasteiger partial charge on any atom is 0.254 e. The van der Waals surface area contributed by atoms with Gasteiger partial charge >= 0.3 is 0 Å². The van der Waals surface area contributed by atoms with E-state index in [-0.39, 0.29) is 11.5 Å². The zero-order chi connectivity index (χ0) is 19.0. The molecule has 2 aliphatic rings. The second-order valence-corrected chi connectivity index (χ2v) is 7.66. The second-order valence-electron chi connectivity index (χ2n) is 7.66. The van der Waals surface area contributed by atoms with Crippen LogP contribution in [0.4, 0.5) is 0 Å². The minimum Gasteiger partial charge on any atom is -0.371 e. The summed E-state index contributed by atoms with van der Waals surface area (Å²) in [5.41, 5.74) is 3.60. The zero-order valence-electron chi connectivity index (χ0n) is 15.8. The van der Waals surface area contributed by atoms with E-state index in [4.69, 9.17) is 4.74 Å². The highest BCUT2D eigenvalue weighted by atomic mass is 16.5. The average Bonchev–Trinajstić information content (AvgIpc) is 3.23. The van der Waals surface area contributed by atoms with Gasteiger partial charge in [-0.15, -0.1) is 0 Å². The summed E-state index contributed by atoms with van der Waals surface area (Å²) in [6.07, 6.45) is 5.10. The van der Waals surface area contributed by atoms with Crippen LogP contribution < -0.4 is 0 Å². The lowest BCUT2D eigenvalue weighted by Gasteiger charge is -2.48. The third-order valence-electron chi connectivity index (χ3n) is 5.85. The van der Waals surface area contributed by atoms with Crippen molar-refractivity contribution in [2.24, 2.45) is 0 Å². The van der Waals surface area contributed by atoms with Gasteiger partial charge in [0.2, 0.25) is 0 Å². The molecule has 0 atom stereocenters. The zero-order valence-corrected chi connectivity index (χ0v) is 15.8. The SMILES string of the molecule is O=C(c1cccc(-n2nccc2-c2ccccc2)c1)N1CCOC2(CCC2)C1. The average molecular weight is 373 g/mol. The standard InChI is InChI=1S/C23H23N3O2/c27-22(25-14-15-28-23(17-25)11-5-12-23)19-8-4-9-20(16-19)26-21(10-13-24-26)18-6-2-1-3-7-18/h1-4,6-10,13,16H,5,11-12,14-15,17H2. The molecule has 1 amide bonds. The van der Waals surface area contributed by atoms with Crippen LogP contribution in [-0.2, 0) is 4.74 Å². The van der Waals surface area contributed by atoms with Crippen molar-refractivity contribution in [3.8, 4) is 16.9 Å². The first-order chi connectivity index (χ1) is 13.7. The monoisotopic (exact) mass is 373 g/mol. The van der Waals surface area contributed by atoms with Crippen molar-refractivity contribution in [1.82, 2.24) is 14.7 Å². The summed E-state index contributed by atoms with van der Waals surface area (Å²) in [5.74, 6) is 0.0739. The molecule has 5 heteroatoms. The Labute approximate surface area is 164 Å². The first-order valence-corrected chi connectivity index (χ1v) is 9.87. The van der Waals surface area contributed by atoms with E-state index in [2.05, 4.69) is 17.2 Å². The van der Waals surface area contributed by atoms with Crippen molar-refractivity contribution >= 4 is 5.91 Å². The number of rotatable bonds is 3. The number of carbonyl (C=O) groups excluding carboxylic acids is 1. The molecule has 28 heavy (non-hydrogen) atoms. The first-order valence-electron chi connectivity index (χ1n) is 9.87. The van der Waals surface area contributed by atoms with Gasteiger partial charge in [0.1, 0.15) is 0 Å². The van der Waals surface area contributed by atoms with Crippen LogP contribution in [0.15, 0.2) is 66.9 Å². The van der Waals surface area contributed by atoms with Crippen LogP contribution in [0.1, 0.15) is 29.6 Å². The molecule has 1 aliphatic carbocycles. The third kappa shape index (κ3) is 3.02. The summed E-state index contributed by atoms with van der Waals surface area (Å²) in [5, 5.41) is 4.49. The van der Waals surface area contributed by atoms with Crippen LogP contribution in [0.2, 0.25) is 0 Å². The van der Waals surface area contributed by atoms with E-state index in [9.17, 15) is 4.79 Å². The van der Waals surface area contributed by atoms with Gasteiger partial charge in [-0.05, 0) is 43.5 Å². The molecule has 0 bridgehead atoms. The molecule has 1 aliphatic heterocycles. The number of ether oxygens (including phenoxy) is 1. The molecule has 1 spiro atoms. The van der Waals surface area contributed by atoms with E-state index in [1.807, 2.05) is 58.1 Å². The summed E-state index contributed by atoms with van der Waals surface area (Å²) in [6.45, 7) is 1.98. The molecular weight excluding hydrogens is 350 g/mol. The van der Waals surface area contributed by atoms with Crippen molar-refractivity contribution in [2.75, 3.05) is 19.7 Å². The summed E-state index contributed by atoms with van der Waals surface area (Å²) < 4.78 is 7.84. The Morgan fingerprint density at radius 3 is 2.68 bits per heavy atom. The third-order valence-corrected chi connectivity index (χ3v) is 5.85. The highest BCUT2D eigenvalue weighted by molar-refractivity contribution is 5.95. The van der Waals surface area contributed by atoms with Gasteiger partial charge in [0, 0.05) is 17.7 Å². The molecule has 1 aromatic heterocycles. The Balaban J connectivity index is 1.43. The van der Waals surface area contributed by atoms with Crippen molar-refractivity contribution in [2.45, 2.75) is 24.9 Å². The predicted octanol–water partition coefficient (Wildman–Crippen LogP) is 3.93. The molecule has 0 N–H and O–H groups in total. The fourth-order valence-electron chi connectivity index (χ4n) is 4.18. The minimum absolute atomic E-state index is 0.0739. The summed E-state index contributed by atoms with van der Waals surface area (Å²) in [7, 11) is 0. The summed E-state index contributed by atoms with van der Waals surface area (Å²) >= 11 is 0. The lowest BCUT2D eigenvalue weighted by Crippen LogP contribution is -2.57. The fraction of sp³-hybridized carbons (Fsp3) is 0.304. The van der Waals surface area contributed by atoms with E-state index in [1.165, 1.54) is 6.42 Å². The van der Waals surface area contributed by atoms with E-state index >= 15 is 0 Å². The number of morpholine rings is 1. The van der Waals surface area contributed by atoms with Crippen LogP contribution in [0, 0.1) is 0 Å². The molecular formula is C23H23N3O2. The smallest absolute Gasteiger partial charge is 0.254 e. The molecule has 0 radical (unpaired) electrons. The van der Waals surface area contributed by atoms with E-state index in [1.54, 1.807) is 6.20 Å². The van der Waals surface area contributed by atoms with Crippen LogP contribution in [0.3, 0.4) is 0 Å². The number of aromatic nitrogens is 2. The maximum absolute atomic E-state index is 13.1. The molecule has 2 heterocycles. The maximum atomic E-state index is 13.1. The van der Waals surface area contributed by atoms with E-state index in [0.717, 1.165) is 29.8 Å². The van der Waals surface area contributed by atoms with Crippen molar-refractivity contribution in [1.29, 1.82) is 0 Å². The predicted molar refractivity (Wildman–Crippen MR) is 107 cm³/mol. The number of amides is 1. The molecule has 5 nitrogen and oxygen atoms in total. The van der Waals surface area contributed by atoms with Crippen molar-refractivity contribution in [3.63, 3.8) is 0 Å². The van der Waals surface area contributed by atoms with Crippen LogP contribution in [0.5, 0.6) is 0 Å². The van der Waals surface area contributed by atoms with Gasteiger partial charge < -0.3 is 9.64 Å². The van der Waals surface area contributed by atoms with Crippen LogP contribution >= 0.6 is 0 Å². The van der Waals surface area contributed by atoms with Crippen LogP contribution in [-0.4, -0.2) is 45.9 Å². The lowest BCUT2D eigenvalue weighted by molar-refractivity contribution is -0.142. The topological polar surface area (TPSA) is 47.4 Å². The number of benzene rings is 2. The van der Waals surface area contributed by atoms with Crippen LogP contribution in [0.25, 0.3) is 16.9 Å². The molecule has 1 saturated carbocycles. The Bertz CT molecular complexity index is 992. The minimum atomic E-state index is -0.0893. The number of hydrogen-bond donors (Lipinski definition) is 0. The Morgan fingerprint density at radius 1 is 1.04 bits per heavy atom. The summed E-state index contributed by atoms with van der Waals surface area (Å²) in [6, 6.07) is 19.9. The molecule has 2 aromatic carbocycles. The van der Waals surface area contributed by atoms with Crippen molar-refractivity contribution in [3.05, 3.63) is 72.4 Å². The van der Waals surface area contributed by atoms with Crippen molar-refractivity contribution < 1.29 is 9.53 Å². The molecule has 142 valence electrons. The molecule has 0 unspecified atom stereocenters. The van der Waals surface area contributed by atoms with Gasteiger partial charge in [-0.3, -0.25) is 4.79 Å². The van der Waals surface area contributed by atoms with Gasteiger partial charge in [-0.2, -0.15) is 5.10 Å².